The summed E-state index contributed by atoms with van der Waals surface area (Å²) in [7, 11) is 0. The summed E-state index contributed by atoms with van der Waals surface area (Å²) >= 11 is 17.4. The number of urea groups is 1. The van der Waals surface area contributed by atoms with Crippen molar-refractivity contribution in [2.75, 3.05) is 10.6 Å². The maximum atomic E-state index is 13.5. The van der Waals surface area contributed by atoms with Crippen molar-refractivity contribution in [3.05, 3.63) is 57.3 Å². The Morgan fingerprint density at radius 1 is 0.950 bits per heavy atom. The molecule has 0 aliphatic rings. The molecule has 0 saturated heterocycles. The normalized spacial score (nSPS) is 10.2. The molecule has 0 bridgehead atoms. The van der Waals surface area contributed by atoms with Crippen molar-refractivity contribution in [2.45, 2.75) is 0 Å². The van der Waals surface area contributed by atoms with Crippen LogP contribution in [0.2, 0.25) is 15.1 Å². The number of rotatable bonds is 2. The standard InChI is InChI=1S/C13H8Cl3FN2O/c14-8-5-4-7(6-10(8)16)18-13(20)19-12-9(15)2-1-3-11(12)17/h1-6H,(H2,18,19,20). The second-order valence-corrected chi connectivity index (χ2v) is 5.03. The molecular weight excluding hydrogens is 326 g/mol. The molecule has 0 spiro atoms. The van der Waals surface area contributed by atoms with Gasteiger partial charge in [-0.2, -0.15) is 0 Å². The number of nitrogens with one attached hydrogen (secondary N) is 2. The molecule has 2 rings (SSSR count). The zero-order valence-corrected chi connectivity index (χ0v) is 12.2. The van der Waals surface area contributed by atoms with Gasteiger partial charge in [0.15, 0.2) is 0 Å². The first-order valence-electron chi connectivity index (χ1n) is 5.44. The third-order valence-corrected chi connectivity index (χ3v) is 3.43. The van der Waals surface area contributed by atoms with E-state index < -0.39 is 11.8 Å². The fourth-order valence-corrected chi connectivity index (χ4v) is 1.98. The molecule has 104 valence electrons. The molecule has 0 aliphatic heterocycles. The SMILES string of the molecule is O=C(Nc1ccc(Cl)c(Cl)c1)Nc1c(F)cccc1Cl. The van der Waals surface area contributed by atoms with E-state index in [1.54, 1.807) is 6.07 Å². The van der Waals surface area contributed by atoms with E-state index >= 15 is 0 Å². The van der Waals surface area contributed by atoms with Crippen LogP contribution in [-0.4, -0.2) is 6.03 Å². The second kappa shape index (κ2) is 6.31. The third kappa shape index (κ3) is 3.54. The Kier molecular flexibility index (Phi) is 4.70. The van der Waals surface area contributed by atoms with Crippen molar-refractivity contribution in [1.82, 2.24) is 0 Å². The summed E-state index contributed by atoms with van der Waals surface area (Å²) in [5, 5.41) is 5.60. The molecule has 0 atom stereocenters. The summed E-state index contributed by atoms with van der Waals surface area (Å²) in [4.78, 5) is 11.8. The number of hydrogen-bond acceptors (Lipinski definition) is 1. The summed E-state index contributed by atoms with van der Waals surface area (Å²) < 4.78 is 13.5. The lowest BCUT2D eigenvalue weighted by Gasteiger charge is -2.10. The van der Waals surface area contributed by atoms with Crippen molar-refractivity contribution < 1.29 is 9.18 Å². The van der Waals surface area contributed by atoms with E-state index in [0.717, 1.165) is 0 Å². The quantitative estimate of drug-likeness (QED) is 0.756. The van der Waals surface area contributed by atoms with Crippen LogP contribution in [0, 0.1) is 5.82 Å². The number of para-hydroxylation sites is 1. The molecule has 0 aliphatic carbocycles. The smallest absolute Gasteiger partial charge is 0.308 e. The molecule has 7 heteroatoms. The van der Waals surface area contributed by atoms with E-state index in [1.807, 2.05) is 0 Å². The number of amides is 2. The fourth-order valence-electron chi connectivity index (χ4n) is 1.47. The number of halogens is 4. The second-order valence-electron chi connectivity index (χ2n) is 3.80. The Balaban J connectivity index is 2.11. The Labute approximate surface area is 129 Å². The molecule has 0 radical (unpaired) electrons. The van der Waals surface area contributed by atoms with Gasteiger partial charge in [0.1, 0.15) is 5.82 Å². The number of benzene rings is 2. The number of hydrogen-bond donors (Lipinski definition) is 2. The summed E-state index contributed by atoms with van der Waals surface area (Å²) in [6.07, 6.45) is 0. The number of carbonyl (C=O) groups is 1. The first kappa shape index (κ1) is 14.9. The van der Waals surface area contributed by atoms with Gasteiger partial charge in [0, 0.05) is 5.69 Å². The van der Waals surface area contributed by atoms with Gasteiger partial charge in [0.2, 0.25) is 0 Å². The van der Waals surface area contributed by atoms with Gasteiger partial charge in [-0.1, -0.05) is 40.9 Å². The van der Waals surface area contributed by atoms with Crippen molar-refractivity contribution in [3.8, 4) is 0 Å². The van der Waals surface area contributed by atoms with Gasteiger partial charge in [-0.3, -0.25) is 0 Å². The van der Waals surface area contributed by atoms with Gasteiger partial charge < -0.3 is 10.6 Å². The molecule has 0 heterocycles. The summed E-state index contributed by atoms with van der Waals surface area (Å²) in [6, 6.07) is 8.05. The van der Waals surface area contributed by atoms with E-state index in [0.29, 0.717) is 15.7 Å². The zero-order chi connectivity index (χ0) is 14.7. The molecule has 2 aromatic rings. The van der Waals surface area contributed by atoms with Crippen LogP contribution in [0.5, 0.6) is 0 Å². The number of anilines is 2. The zero-order valence-electron chi connectivity index (χ0n) is 9.88. The highest BCUT2D eigenvalue weighted by molar-refractivity contribution is 6.42. The van der Waals surface area contributed by atoms with E-state index in [-0.39, 0.29) is 10.7 Å². The largest absolute Gasteiger partial charge is 0.323 e. The van der Waals surface area contributed by atoms with Gasteiger partial charge in [-0.05, 0) is 30.3 Å². The van der Waals surface area contributed by atoms with E-state index in [2.05, 4.69) is 10.6 Å². The summed E-state index contributed by atoms with van der Waals surface area (Å²) in [5.41, 5.74) is 0.330. The molecule has 0 fully saturated rings. The Bertz CT molecular complexity index is 644. The lowest BCUT2D eigenvalue weighted by molar-refractivity contribution is 0.262. The average molecular weight is 334 g/mol. The minimum atomic E-state index is -0.643. The highest BCUT2D eigenvalue weighted by Crippen LogP contribution is 2.26. The number of carbonyl (C=O) groups excluding carboxylic acids is 1. The highest BCUT2D eigenvalue weighted by Gasteiger charge is 2.11. The van der Waals surface area contributed by atoms with Crippen LogP contribution in [0.3, 0.4) is 0 Å². The van der Waals surface area contributed by atoms with Crippen LogP contribution in [-0.2, 0) is 0 Å². The van der Waals surface area contributed by atoms with Crippen LogP contribution in [0.25, 0.3) is 0 Å². The lowest BCUT2D eigenvalue weighted by Crippen LogP contribution is -2.20. The minimum Gasteiger partial charge on any atom is -0.308 e. The fraction of sp³-hybridized carbons (Fsp3) is 0. The average Bonchev–Trinajstić information content (AvgIpc) is 2.38. The maximum Gasteiger partial charge on any atom is 0.323 e. The highest BCUT2D eigenvalue weighted by atomic mass is 35.5. The van der Waals surface area contributed by atoms with Gasteiger partial charge in [0.25, 0.3) is 0 Å². The van der Waals surface area contributed by atoms with Crippen LogP contribution in [0.15, 0.2) is 36.4 Å². The Hall–Kier alpha value is -1.49. The van der Waals surface area contributed by atoms with Crippen molar-refractivity contribution >= 4 is 52.2 Å². The third-order valence-electron chi connectivity index (χ3n) is 2.38. The van der Waals surface area contributed by atoms with E-state index in [9.17, 15) is 9.18 Å². The summed E-state index contributed by atoms with van der Waals surface area (Å²) in [5.74, 6) is -0.623. The molecular formula is C13H8Cl3FN2O. The maximum absolute atomic E-state index is 13.5. The first-order valence-corrected chi connectivity index (χ1v) is 6.58. The van der Waals surface area contributed by atoms with Gasteiger partial charge in [-0.25, -0.2) is 9.18 Å². The van der Waals surface area contributed by atoms with Gasteiger partial charge in [-0.15, -0.1) is 0 Å². The Morgan fingerprint density at radius 3 is 2.35 bits per heavy atom. The van der Waals surface area contributed by atoms with Gasteiger partial charge >= 0.3 is 6.03 Å². The molecule has 20 heavy (non-hydrogen) atoms. The monoisotopic (exact) mass is 332 g/mol. The van der Waals surface area contributed by atoms with E-state index in [4.69, 9.17) is 34.8 Å². The minimum absolute atomic E-state index is 0.0910. The molecule has 3 nitrogen and oxygen atoms in total. The van der Waals surface area contributed by atoms with E-state index in [1.165, 1.54) is 30.3 Å². The van der Waals surface area contributed by atoms with Crippen LogP contribution in [0.1, 0.15) is 0 Å². The first-order chi connectivity index (χ1) is 9.47. The Morgan fingerprint density at radius 2 is 1.70 bits per heavy atom. The lowest BCUT2D eigenvalue weighted by atomic mass is 10.3. The molecule has 0 aromatic heterocycles. The predicted octanol–water partition coefficient (Wildman–Crippen LogP) is 5.43. The molecule has 0 saturated carbocycles. The van der Waals surface area contributed by atoms with Crippen LogP contribution < -0.4 is 10.6 Å². The van der Waals surface area contributed by atoms with Crippen molar-refractivity contribution in [1.29, 1.82) is 0 Å². The topological polar surface area (TPSA) is 41.1 Å². The molecule has 0 unspecified atom stereocenters. The molecule has 2 aromatic carbocycles. The van der Waals surface area contributed by atoms with Crippen molar-refractivity contribution in [3.63, 3.8) is 0 Å². The van der Waals surface area contributed by atoms with Crippen LogP contribution in [0.4, 0.5) is 20.6 Å². The van der Waals surface area contributed by atoms with Gasteiger partial charge in [0.05, 0.1) is 20.8 Å². The predicted molar refractivity (Wildman–Crippen MR) is 80.5 cm³/mol. The molecule has 2 N–H and O–H groups in total. The van der Waals surface area contributed by atoms with Crippen LogP contribution >= 0.6 is 34.8 Å². The molecule has 2 amide bonds. The summed E-state index contributed by atoms with van der Waals surface area (Å²) in [6.45, 7) is 0. The van der Waals surface area contributed by atoms with Crippen molar-refractivity contribution in [2.24, 2.45) is 0 Å².